The van der Waals surface area contributed by atoms with Crippen LogP contribution in [0.25, 0.3) is 0 Å². The average Bonchev–Trinajstić information content (AvgIpc) is 2.68. The van der Waals surface area contributed by atoms with Gasteiger partial charge in [-0.2, -0.15) is 0 Å². The van der Waals surface area contributed by atoms with E-state index in [-0.39, 0.29) is 18.3 Å². The summed E-state index contributed by atoms with van der Waals surface area (Å²) in [4.78, 5) is 14.6. The topological polar surface area (TPSA) is 50.8 Å². The fraction of sp³-hybridized carbons (Fsp3) is 0.350. The van der Waals surface area contributed by atoms with Crippen molar-refractivity contribution in [3.63, 3.8) is 0 Å². The summed E-state index contributed by atoms with van der Waals surface area (Å²) in [5.41, 5.74) is 2.36. The highest BCUT2D eigenvalue weighted by Crippen LogP contribution is 2.27. The molecule has 0 saturated carbocycles. The van der Waals surface area contributed by atoms with E-state index in [1.54, 1.807) is 25.1 Å². The number of carbonyl (C=O) groups excluding carboxylic acids is 1. The van der Waals surface area contributed by atoms with Gasteiger partial charge in [0.25, 0.3) is 0 Å². The van der Waals surface area contributed by atoms with E-state index in [0.717, 1.165) is 5.69 Å². The molecule has 144 valence electrons. The van der Waals surface area contributed by atoms with E-state index in [0.29, 0.717) is 54.7 Å². The first-order chi connectivity index (χ1) is 13.1. The molecule has 27 heavy (non-hydrogen) atoms. The summed E-state index contributed by atoms with van der Waals surface area (Å²) in [6.45, 7) is 4.94. The van der Waals surface area contributed by atoms with E-state index >= 15 is 0 Å². The summed E-state index contributed by atoms with van der Waals surface area (Å²) in [6, 6.07) is 10.1. The number of nitrogens with zero attached hydrogens (tertiary/aromatic N) is 1. The first kappa shape index (κ1) is 19.5. The second-order valence-electron chi connectivity index (χ2n) is 6.11. The second kappa shape index (κ2) is 9.06. The van der Waals surface area contributed by atoms with Gasteiger partial charge in [-0.15, -0.1) is 0 Å². The highest BCUT2D eigenvalue weighted by atomic mass is 35.5. The number of anilines is 2. The van der Waals surface area contributed by atoms with Crippen molar-refractivity contribution in [1.82, 2.24) is 0 Å². The number of halogens is 2. The van der Waals surface area contributed by atoms with Crippen LogP contribution in [0, 0.1) is 5.82 Å². The zero-order valence-electron chi connectivity index (χ0n) is 15.1. The van der Waals surface area contributed by atoms with Gasteiger partial charge in [0.05, 0.1) is 31.1 Å². The van der Waals surface area contributed by atoms with Crippen molar-refractivity contribution in [2.24, 2.45) is 0 Å². The van der Waals surface area contributed by atoms with E-state index in [9.17, 15) is 9.18 Å². The van der Waals surface area contributed by atoms with Crippen molar-refractivity contribution in [1.29, 1.82) is 0 Å². The monoisotopic (exact) mass is 392 g/mol. The largest absolute Gasteiger partial charge is 0.462 e. The Balaban J connectivity index is 1.83. The number of rotatable bonds is 6. The average molecular weight is 393 g/mol. The minimum absolute atomic E-state index is 0.213. The van der Waals surface area contributed by atoms with Gasteiger partial charge in [-0.05, 0) is 37.3 Å². The molecule has 0 amide bonds. The lowest BCUT2D eigenvalue weighted by Crippen LogP contribution is -2.37. The standard InChI is InChI=1S/C20H22ClFN2O3/c1-2-27-20(25)15-12-14(6-7-19(15)24-8-10-26-11-9-24)23-13-16-17(21)4-3-5-18(16)22/h3-7,12,23H,2,8-11,13H2,1H3. The van der Waals surface area contributed by atoms with Crippen LogP contribution in [0.2, 0.25) is 5.02 Å². The van der Waals surface area contributed by atoms with E-state index in [4.69, 9.17) is 21.1 Å². The number of nitrogens with one attached hydrogen (secondary N) is 1. The van der Waals surface area contributed by atoms with Crippen LogP contribution in [-0.4, -0.2) is 38.9 Å². The first-order valence-electron chi connectivity index (χ1n) is 8.90. The molecule has 0 aromatic heterocycles. The van der Waals surface area contributed by atoms with Gasteiger partial charge in [-0.1, -0.05) is 17.7 Å². The fourth-order valence-electron chi connectivity index (χ4n) is 2.99. The molecular weight excluding hydrogens is 371 g/mol. The fourth-order valence-corrected chi connectivity index (χ4v) is 3.22. The molecule has 0 bridgehead atoms. The van der Waals surface area contributed by atoms with Gasteiger partial charge in [0.1, 0.15) is 5.82 Å². The van der Waals surface area contributed by atoms with Gasteiger partial charge in [0, 0.05) is 35.9 Å². The lowest BCUT2D eigenvalue weighted by molar-refractivity contribution is 0.0526. The normalized spacial score (nSPS) is 14.1. The predicted molar refractivity (Wildman–Crippen MR) is 104 cm³/mol. The number of hydrogen-bond donors (Lipinski definition) is 1. The van der Waals surface area contributed by atoms with Crippen LogP contribution in [0.5, 0.6) is 0 Å². The Bertz CT molecular complexity index is 790. The molecule has 0 unspecified atom stereocenters. The zero-order chi connectivity index (χ0) is 19.2. The molecule has 1 N–H and O–H groups in total. The molecule has 1 aliphatic rings. The summed E-state index contributed by atoms with van der Waals surface area (Å²) in [6.07, 6.45) is 0. The van der Waals surface area contributed by atoms with Gasteiger partial charge in [0.2, 0.25) is 0 Å². The van der Waals surface area contributed by atoms with Crippen LogP contribution < -0.4 is 10.2 Å². The summed E-state index contributed by atoms with van der Waals surface area (Å²) in [5.74, 6) is -0.753. The van der Waals surface area contributed by atoms with Crippen molar-refractivity contribution in [2.75, 3.05) is 43.1 Å². The number of hydrogen-bond acceptors (Lipinski definition) is 5. The smallest absolute Gasteiger partial charge is 0.340 e. The SMILES string of the molecule is CCOC(=O)c1cc(NCc2c(F)cccc2Cl)ccc1N1CCOCC1. The van der Waals surface area contributed by atoms with Crippen molar-refractivity contribution in [2.45, 2.75) is 13.5 Å². The molecule has 5 nitrogen and oxygen atoms in total. The number of esters is 1. The number of morpholine rings is 1. The van der Waals surface area contributed by atoms with Gasteiger partial charge >= 0.3 is 5.97 Å². The van der Waals surface area contributed by atoms with Gasteiger partial charge in [0.15, 0.2) is 0 Å². The first-order valence-corrected chi connectivity index (χ1v) is 9.28. The van der Waals surface area contributed by atoms with Crippen LogP contribution >= 0.6 is 11.6 Å². The lowest BCUT2D eigenvalue weighted by atomic mass is 10.1. The van der Waals surface area contributed by atoms with E-state index in [1.807, 2.05) is 12.1 Å². The van der Waals surface area contributed by atoms with Crippen LogP contribution in [0.3, 0.4) is 0 Å². The molecule has 1 aliphatic heterocycles. The Morgan fingerprint density at radius 2 is 2.07 bits per heavy atom. The molecule has 3 rings (SSSR count). The Kier molecular flexibility index (Phi) is 6.53. The predicted octanol–water partition coefficient (Wildman–Crippen LogP) is 4.10. The molecule has 2 aromatic rings. The molecule has 1 heterocycles. The third-order valence-electron chi connectivity index (χ3n) is 4.37. The van der Waals surface area contributed by atoms with Crippen LogP contribution in [-0.2, 0) is 16.0 Å². The van der Waals surface area contributed by atoms with Crippen molar-refractivity contribution in [3.05, 3.63) is 58.4 Å². The quantitative estimate of drug-likeness (QED) is 0.750. The maximum atomic E-state index is 14.0. The van der Waals surface area contributed by atoms with Crippen molar-refractivity contribution < 1.29 is 18.7 Å². The maximum Gasteiger partial charge on any atom is 0.340 e. The molecule has 7 heteroatoms. The highest BCUT2D eigenvalue weighted by molar-refractivity contribution is 6.31. The van der Waals surface area contributed by atoms with Crippen LogP contribution in [0.4, 0.5) is 15.8 Å². The molecule has 0 aliphatic carbocycles. The Labute approximate surface area is 163 Å². The van der Waals surface area contributed by atoms with E-state index in [2.05, 4.69) is 10.2 Å². The Morgan fingerprint density at radius 3 is 2.78 bits per heavy atom. The number of carbonyl (C=O) groups is 1. The zero-order valence-corrected chi connectivity index (χ0v) is 15.9. The van der Waals surface area contributed by atoms with Crippen LogP contribution in [0.1, 0.15) is 22.8 Å². The van der Waals surface area contributed by atoms with E-state index in [1.165, 1.54) is 6.07 Å². The van der Waals surface area contributed by atoms with Crippen molar-refractivity contribution >= 4 is 28.9 Å². The maximum absolute atomic E-state index is 14.0. The summed E-state index contributed by atoms with van der Waals surface area (Å²) in [5, 5.41) is 3.49. The third-order valence-corrected chi connectivity index (χ3v) is 4.73. The second-order valence-corrected chi connectivity index (χ2v) is 6.51. The molecule has 0 radical (unpaired) electrons. The van der Waals surface area contributed by atoms with Crippen molar-refractivity contribution in [3.8, 4) is 0 Å². The number of ether oxygens (including phenoxy) is 2. The third kappa shape index (κ3) is 4.70. The minimum Gasteiger partial charge on any atom is -0.462 e. The minimum atomic E-state index is -0.383. The molecule has 0 atom stereocenters. The lowest BCUT2D eigenvalue weighted by Gasteiger charge is -2.30. The van der Waals surface area contributed by atoms with Gasteiger partial charge in [-0.25, -0.2) is 9.18 Å². The summed E-state index contributed by atoms with van der Waals surface area (Å²) in [7, 11) is 0. The molecular formula is C20H22ClFN2O3. The molecule has 2 aromatic carbocycles. The Hall–Kier alpha value is -2.31. The molecule has 0 spiro atoms. The van der Waals surface area contributed by atoms with Gasteiger partial charge in [-0.3, -0.25) is 0 Å². The summed E-state index contributed by atoms with van der Waals surface area (Å²) < 4.78 is 24.5. The van der Waals surface area contributed by atoms with Crippen LogP contribution in [0.15, 0.2) is 36.4 Å². The van der Waals surface area contributed by atoms with Gasteiger partial charge < -0.3 is 19.7 Å². The number of benzene rings is 2. The highest BCUT2D eigenvalue weighted by Gasteiger charge is 2.20. The Morgan fingerprint density at radius 1 is 1.30 bits per heavy atom. The van der Waals surface area contributed by atoms with E-state index < -0.39 is 0 Å². The molecule has 1 fully saturated rings. The summed E-state index contributed by atoms with van der Waals surface area (Å²) >= 11 is 6.07. The molecule has 1 saturated heterocycles.